The van der Waals surface area contributed by atoms with Gasteiger partial charge < -0.3 is 15.4 Å². The molecule has 0 saturated carbocycles. The Morgan fingerprint density at radius 3 is 2.58 bits per heavy atom. The van der Waals surface area contributed by atoms with Gasteiger partial charge in [0.15, 0.2) is 17.4 Å². The lowest BCUT2D eigenvalue weighted by molar-refractivity contribution is -0.384. The molecule has 3 N–H and O–H groups in total. The van der Waals surface area contributed by atoms with Gasteiger partial charge in [-0.25, -0.2) is 9.37 Å². The summed E-state index contributed by atoms with van der Waals surface area (Å²) in [5, 5.41) is 19.5. The minimum absolute atomic E-state index is 0.153. The molecule has 11 heteroatoms. The van der Waals surface area contributed by atoms with Crippen molar-refractivity contribution in [1.82, 2.24) is 8.96 Å². The molecular weight excluding hydrogens is 343 g/mol. The second kappa shape index (κ2) is 7.38. The zero-order valence-corrected chi connectivity index (χ0v) is 13.0. The zero-order chi connectivity index (χ0) is 17.9. The molecule has 0 spiro atoms. The zero-order valence-electron chi connectivity index (χ0n) is 12.2. The van der Waals surface area contributed by atoms with Crippen LogP contribution in [0.2, 0.25) is 0 Å². The van der Waals surface area contributed by atoms with Crippen molar-refractivity contribution in [3.63, 3.8) is 0 Å². The number of carboxylic acids is 1. The highest BCUT2D eigenvalue weighted by molar-refractivity contribution is 7.90. The minimum atomic E-state index is -1.95. The maximum atomic E-state index is 13.1. The van der Waals surface area contributed by atoms with Crippen LogP contribution in [0, 0.1) is 10.1 Å². The van der Waals surface area contributed by atoms with Crippen LogP contribution >= 0.6 is 0 Å². The van der Waals surface area contributed by atoms with Crippen molar-refractivity contribution < 1.29 is 23.8 Å². The van der Waals surface area contributed by atoms with Gasteiger partial charge in [-0.2, -0.15) is 0 Å². The maximum absolute atomic E-state index is 13.1. The highest BCUT2D eigenvalue weighted by atomic mass is 32.2. The lowest BCUT2D eigenvalue weighted by Gasteiger charge is -2.15. The van der Waals surface area contributed by atoms with Gasteiger partial charge >= 0.3 is 5.97 Å². The van der Waals surface area contributed by atoms with E-state index in [0.717, 1.165) is 3.97 Å². The normalized spacial score (nSPS) is 13.5. The fraction of sp³-hybridized carbons (Fsp3) is 0.231. The molecule has 0 aliphatic carbocycles. The first kappa shape index (κ1) is 17.8. The van der Waals surface area contributed by atoms with Crippen molar-refractivity contribution in [1.29, 1.82) is 0 Å². The molecule has 2 atom stereocenters. The number of nitrogens with zero attached hydrogens (tertiary/aromatic N) is 3. The van der Waals surface area contributed by atoms with Gasteiger partial charge in [-0.05, 0) is 0 Å². The second-order valence-corrected chi connectivity index (χ2v) is 6.08. The summed E-state index contributed by atoms with van der Waals surface area (Å²) < 4.78 is 26.8. The van der Waals surface area contributed by atoms with Crippen molar-refractivity contribution in [3.05, 3.63) is 52.1 Å². The molecule has 1 unspecified atom stereocenters. The Labute approximate surface area is 138 Å². The third-order valence-corrected chi connectivity index (χ3v) is 4.59. The van der Waals surface area contributed by atoms with Crippen LogP contribution in [0.4, 0.5) is 10.1 Å². The minimum Gasteiger partial charge on any atom is -0.587 e. The molecule has 2 aromatic rings. The number of non-ortho nitro benzene ring substituents is 1. The van der Waals surface area contributed by atoms with E-state index in [0.29, 0.717) is 0 Å². The quantitative estimate of drug-likeness (QED) is 0.423. The number of alkyl halides is 1. The summed E-state index contributed by atoms with van der Waals surface area (Å²) in [4.78, 5) is 24.9. The second-order valence-electron chi connectivity index (χ2n) is 4.74. The van der Waals surface area contributed by atoms with Crippen LogP contribution < -0.4 is 5.73 Å². The van der Waals surface area contributed by atoms with Crippen molar-refractivity contribution in [2.75, 3.05) is 0 Å². The van der Waals surface area contributed by atoms with E-state index in [1.54, 1.807) is 0 Å². The van der Waals surface area contributed by atoms with Gasteiger partial charge in [-0.1, -0.05) is 0 Å². The summed E-state index contributed by atoms with van der Waals surface area (Å²) in [6.07, 6.45) is 1.02. The number of nitro groups is 1. The number of carboxylic acid groups (broad SMARTS) is 1. The van der Waals surface area contributed by atoms with E-state index in [1.807, 2.05) is 0 Å². The molecule has 1 aromatic heterocycles. The molecule has 0 saturated heterocycles. The number of hydrogen-bond donors (Lipinski definition) is 2. The number of aliphatic carboxylic acids is 1. The first-order chi connectivity index (χ1) is 11.3. The molecule has 9 nitrogen and oxygen atoms in total. The highest BCUT2D eigenvalue weighted by Crippen LogP contribution is 2.22. The van der Waals surface area contributed by atoms with E-state index in [2.05, 4.69) is 4.98 Å². The molecule has 0 radical (unpaired) electrons. The summed E-state index contributed by atoms with van der Waals surface area (Å²) in [7, 11) is 0. The van der Waals surface area contributed by atoms with E-state index in [1.165, 1.54) is 30.5 Å². The summed E-state index contributed by atoms with van der Waals surface area (Å²) in [6.45, 7) is -1.01. The Kier molecular flexibility index (Phi) is 5.49. The summed E-state index contributed by atoms with van der Waals surface area (Å²) in [5.74, 6) is -1.41. The summed E-state index contributed by atoms with van der Waals surface area (Å²) >= 11 is -1.95. The Hall–Kier alpha value is -2.50. The molecule has 1 aromatic carbocycles. The van der Waals surface area contributed by atoms with Crippen LogP contribution in [0.25, 0.3) is 0 Å². The number of benzene rings is 1. The molecule has 0 aliphatic rings. The van der Waals surface area contributed by atoms with Crippen LogP contribution in [0.5, 0.6) is 0 Å². The van der Waals surface area contributed by atoms with E-state index >= 15 is 0 Å². The summed E-state index contributed by atoms with van der Waals surface area (Å²) in [5.41, 5.74) is 5.46. The number of halogens is 1. The molecule has 1 heterocycles. The third-order valence-electron chi connectivity index (χ3n) is 3.14. The Morgan fingerprint density at radius 1 is 1.46 bits per heavy atom. The molecule has 0 fully saturated rings. The molecular formula is C13H13FN4O5S. The van der Waals surface area contributed by atoms with E-state index in [-0.39, 0.29) is 28.5 Å². The van der Waals surface area contributed by atoms with Gasteiger partial charge in [0.1, 0.15) is 17.4 Å². The molecule has 2 rings (SSSR count). The SMILES string of the molecule is N[C@@H](Cc1cnc(CF)n1[S+]([O-])c1ccc([N+](=O)[O-])cc1)C(=O)O. The fourth-order valence-corrected chi connectivity index (χ4v) is 3.15. The van der Waals surface area contributed by atoms with Crippen molar-refractivity contribution in [2.24, 2.45) is 5.73 Å². The predicted molar refractivity (Wildman–Crippen MR) is 81.3 cm³/mol. The number of nitrogens with two attached hydrogens (primary N) is 1. The third kappa shape index (κ3) is 3.69. The molecule has 0 bridgehead atoms. The van der Waals surface area contributed by atoms with Gasteiger partial charge in [0.25, 0.3) is 5.69 Å². The lowest BCUT2D eigenvalue weighted by atomic mass is 10.2. The Balaban J connectivity index is 2.36. The number of rotatable bonds is 7. The Bertz CT molecular complexity index is 751. The average molecular weight is 356 g/mol. The van der Waals surface area contributed by atoms with Crippen LogP contribution in [-0.2, 0) is 29.3 Å². The standard InChI is InChI=1S/C13H13FN4O5S/c14-6-12-16-7-9(5-11(15)13(19)20)17(12)24(23)10-3-1-8(2-4-10)18(21)22/h1-4,7,11H,5-6,15H2,(H,19,20)/t11-,24?/m0/s1. The molecule has 0 aliphatic heterocycles. The number of hydrogen-bond acceptors (Lipinski definition) is 6. The van der Waals surface area contributed by atoms with Gasteiger partial charge in [-0.15, -0.1) is 3.97 Å². The monoisotopic (exact) mass is 356 g/mol. The Morgan fingerprint density at radius 2 is 2.08 bits per heavy atom. The number of carbonyl (C=O) groups is 1. The lowest BCUT2D eigenvalue weighted by Crippen LogP contribution is -2.33. The largest absolute Gasteiger partial charge is 0.587 e. The number of imidazole rings is 1. The van der Waals surface area contributed by atoms with Crippen LogP contribution in [0.1, 0.15) is 11.5 Å². The smallest absolute Gasteiger partial charge is 0.320 e. The van der Waals surface area contributed by atoms with Gasteiger partial charge in [0.05, 0.1) is 16.8 Å². The van der Waals surface area contributed by atoms with Crippen molar-refractivity contribution >= 4 is 23.0 Å². The number of nitro benzene ring substituents is 1. The summed E-state index contributed by atoms with van der Waals surface area (Å²) in [6, 6.07) is 3.62. The van der Waals surface area contributed by atoms with Crippen molar-refractivity contribution in [2.45, 2.75) is 24.0 Å². The van der Waals surface area contributed by atoms with E-state index < -0.39 is 35.0 Å². The van der Waals surface area contributed by atoms with Crippen LogP contribution in [0.15, 0.2) is 35.4 Å². The number of aromatic nitrogens is 2. The van der Waals surface area contributed by atoms with Crippen LogP contribution in [-0.4, -0.2) is 35.6 Å². The topological polar surface area (TPSA) is 147 Å². The molecule has 128 valence electrons. The fourth-order valence-electron chi connectivity index (χ4n) is 1.95. The van der Waals surface area contributed by atoms with E-state index in [4.69, 9.17) is 10.8 Å². The first-order valence-electron chi connectivity index (χ1n) is 6.61. The molecule has 24 heavy (non-hydrogen) atoms. The van der Waals surface area contributed by atoms with Crippen molar-refractivity contribution in [3.8, 4) is 0 Å². The van der Waals surface area contributed by atoms with Gasteiger partial charge in [-0.3, -0.25) is 14.9 Å². The maximum Gasteiger partial charge on any atom is 0.320 e. The van der Waals surface area contributed by atoms with Crippen LogP contribution in [0.3, 0.4) is 0 Å². The first-order valence-corrected chi connectivity index (χ1v) is 7.72. The highest BCUT2D eigenvalue weighted by Gasteiger charge is 2.26. The van der Waals surface area contributed by atoms with Gasteiger partial charge in [0, 0.05) is 30.7 Å². The average Bonchev–Trinajstić information content (AvgIpc) is 2.96. The van der Waals surface area contributed by atoms with E-state index in [9.17, 15) is 23.9 Å². The molecule has 0 amide bonds. The van der Waals surface area contributed by atoms with Gasteiger partial charge in [0.2, 0.25) is 0 Å². The predicted octanol–water partition coefficient (Wildman–Crippen LogP) is 0.786.